The van der Waals surface area contributed by atoms with Crippen LogP contribution < -0.4 is 10.1 Å². The fourth-order valence-corrected chi connectivity index (χ4v) is 5.41. The Morgan fingerprint density at radius 3 is 2.63 bits per heavy atom. The minimum absolute atomic E-state index is 0.630. The number of rotatable bonds is 6. The van der Waals surface area contributed by atoms with Crippen LogP contribution >= 0.6 is 11.3 Å². The molecule has 5 heteroatoms. The van der Waals surface area contributed by atoms with E-state index in [1.807, 2.05) is 42.5 Å². The SMILES string of the molecule is CCOc1ccccc1Nc1nc(Cc2ccccc2)nc2sc3c(c12)CCCC3. The number of anilines is 2. The minimum Gasteiger partial charge on any atom is -0.492 e. The van der Waals surface area contributed by atoms with Crippen molar-refractivity contribution >= 4 is 33.1 Å². The van der Waals surface area contributed by atoms with E-state index in [0.717, 1.165) is 47.2 Å². The molecule has 0 bridgehead atoms. The van der Waals surface area contributed by atoms with E-state index in [9.17, 15) is 0 Å². The fourth-order valence-electron chi connectivity index (χ4n) is 4.13. The van der Waals surface area contributed by atoms with E-state index in [1.165, 1.54) is 34.2 Å². The van der Waals surface area contributed by atoms with Crippen LogP contribution in [0, 0.1) is 0 Å². The lowest BCUT2D eigenvalue weighted by molar-refractivity contribution is 0.342. The lowest BCUT2D eigenvalue weighted by Crippen LogP contribution is -2.05. The molecule has 1 aliphatic carbocycles. The molecule has 0 saturated heterocycles. The zero-order valence-corrected chi connectivity index (χ0v) is 18.0. The van der Waals surface area contributed by atoms with Crippen LogP contribution in [-0.2, 0) is 19.3 Å². The summed E-state index contributed by atoms with van der Waals surface area (Å²) in [5.74, 6) is 2.60. The van der Waals surface area contributed by atoms with Gasteiger partial charge in [-0.05, 0) is 55.9 Å². The van der Waals surface area contributed by atoms with Gasteiger partial charge in [0.25, 0.3) is 0 Å². The summed E-state index contributed by atoms with van der Waals surface area (Å²) in [6.07, 6.45) is 5.48. The van der Waals surface area contributed by atoms with Crippen molar-refractivity contribution in [1.82, 2.24) is 9.97 Å². The molecule has 0 fully saturated rings. The highest BCUT2D eigenvalue weighted by Crippen LogP contribution is 2.40. The molecule has 4 aromatic rings. The molecule has 5 rings (SSSR count). The Morgan fingerprint density at radius 1 is 0.967 bits per heavy atom. The number of nitrogens with zero attached hydrogens (tertiary/aromatic N) is 2. The van der Waals surface area contributed by atoms with Gasteiger partial charge < -0.3 is 10.1 Å². The third kappa shape index (κ3) is 3.77. The predicted molar refractivity (Wildman–Crippen MR) is 124 cm³/mol. The first-order valence-corrected chi connectivity index (χ1v) is 11.5. The molecule has 1 N–H and O–H groups in total. The molecule has 2 aromatic carbocycles. The molecule has 30 heavy (non-hydrogen) atoms. The van der Waals surface area contributed by atoms with Gasteiger partial charge in [-0.1, -0.05) is 42.5 Å². The first-order valence-electron chi connectivity index (χ1n) is 10.7. The van der Waals surface area contributed by atoms with Gasteiger partial charge in [-0.15, -0.1) is 11.3 Å². The van der Waals surface area contributed by atoms with E-state index in [4.69, 9.17) is 14.7 Å². The molecule has 0 unspecified atom stereocenters. The molecular formula is C25H25N3OS. The first kappa shape index (κ1) is 19.1. The molecular weight excluding hydrogens is 390 g/mol. The number of hydrogen-bond donors (Lipinski definition) is 1. The standard InChI is InChI=1S/C25H25N3OS/c1-2-29-20-14-8-7-13-19(20)26-24-23-18-12-6-9-15-21(18)30-25(23)28-22(27-24)16-17-10-4-3-5-11-17/h3-5,7-8,10-11,13-14H,2,6,9,12,15-16H2,1H3,(H,26,27,28). The Morgan fingerprint density at radius 2 is 1.77 bits per heavy atom. The lowest BCUT2D eigenvalue weighted by atomic mass is 9.97. The number of benzene rings is 2. The summed E-state index contributed by atoms with van der Waals surface area (Å²) in [5, 5.41) is 4.79. The Kier molecular flexibility index (Phi) is 5.37. The van der Waals surface area contributed by atoms with Crippen LogP contribution in [0.25, 0.3) is 10.2 Å². The largest absolute Gasteiger partial charge is 0.492 e. The molecule has 0 amide bonds. The van der Waals surface area contributed by atoms with Crippen LogP contribution in [0.4, 0.5) is 11.5 Å². The van der Waals surface area contributed by atoms with Gasteiger partial charge in [-0.25, -0.2) is 9.97 Å². The lowest BCUT2D eigenvalue weighted by Gasteiger charge is -2.15. The summed E-state index contributed by atoms with van der Waals surface area (Å²) in [6.45, 7) is 2.64. The zero-order chi connectivity index (χ0) is 20.3. The average Bonchev–Trinajstić information content (AvgIpc) is 3.14. The van der Waals surface area contributed by atoms with E-state index >= 15 is 0 Å². The monoisotopic (exact) mass is 415 g/mol. The molecule has 0 atom stereocenters. The maximum absolute atomic E-state index is 5.84. The summed E-state index contributed by atoms with van der Waals surface area (Å²) >= 11 is 1.84. The molecule has 2 aromatic heterocycles. The number of hydrogen-bond acceptors (Lipinski definition) is 5. The van der Waals surface area contributed by atoms with Gasteiger partial charge in [0, 0.05) is 11.3 Å². The minimum atomic E-state index is 0.630. The van der Waals surface area contributed by atoms with Crippen LogP contribution in [0.2, 0.25) is 0 Å². The van der Waals surface area contributed by atoms with Crippen LogP contribution in [0.1, 0.15) is 41.6 Å². The topological polar surface area (TPSA) is 47.0 Å². The van der Waals surface area contributed by atoms with Crippen molar-refractivity contribution in [2.24, 2.45) is 0 Å². The zero-order valence-electron chi connectivity index (χ0n) is 17.1. The van der Waals surface area contributed by atoms with Gasteiger partial charge in [0.1, 0.15) is 22.2 Å². The fraction of sp³-hybridized carbons (Fsp3) is 0.280. The summed E-state index contributed by atoms with van der Waals surface area (Å²) in [4.78, 5) is 12.5. The predicted octanol–water partition coefficient (Wildman–Crippen LogP) is 6.30. The number of fused-ring (bicyclic) bond motifs is 3. The molecule has 1 aliphatic rings. The molecule has 0 aliphatic heterocycles. The maximum Gasteiger partial charge on any atom is 0.143 e. The van der Waals surface area contributed by atoms with Crippen LogP contribution in [0.3, 0.4) is 0 Å². The quantitative estimate of drug-likeness (QED) is 0.401. The van der Waals surface area contributed by atoms with Crippen molar-refractivity contribution in [2.75, 3.05) is 11.9 Å². The highest BCUT2D eigenvalue weighted by atomic mass is 32.1. The Balaban J connectivity index is 1.61. The van der Waals surface area contributed by atoms with Crippen molar-refractivity contribution in [3.8, 4) is 5.75 Å². The normalized spacial score (nSPS) is 13.2. The van der Waals surface area contributed by atoms with Crippen molar-refractivity contribution in [3.63, 3.8) is 0 Å². The van der Waals surface area contributed by atoms with E-state index in [1.54, 1.807) is 0 Å². The third-order valence-electron chi connectivity index (χ3n) is 5.51. The average molecular weight is 416 g/mol. The van der Waals surface area contributed by atoms with Gasteiger partial charge >= 0.3 is 0 Å². The van der Waals surface area contributed by atoms with Crippen molar-refractivity contribution in [1.29, 1.82) is 0 Å². The molecule has 4 nitrogen and oxygen atoms in total. The summed E-state index contributed by atoms with van der Waals surface area (Å²) < 4.78 is 5.84. The molecule has 2 heterocycles. The van der Waals surface area contributed by atoms with Crippen molar-refractivity contribution in [3.05, 3.63) is 76.4 Å². The number of para-hydroxylation sites is 2. The maximum atomic E-state index is 5.84. The van der Waals surface area contributed by atoms with E-state index in [-0.39, 0.29) is 0 Å². The van der Waals surface area contributed by atoms with E-state index in [0.29, 0.717) is 6.61 Å². The van der Waals surface area contributed by atoms with Gasteiger partial charge in [-0.3, -0.25) is 0 Å². The second kappa shape index (κ2) is 8.44. The Labute approximate surface area is 181 Å². The van der Waals surface area contributed by atoms with Gasteiger partial charge in [-0.2, -0.15) is 0 Å². The van der Waals surface area contributed by atoms with Crippen LogP contribution in [0.15, 0.2) is 54.6 Å². The van der Waals surface area contributed by atoms with Gasteiger partial charge in [0.2, 0.25) is 0 Å². The summed E-state index contributed by atoms with van der Waals surface area (Å²) in [7, 11) is 0. The molecule has 0 saturated carbocycles. The molecule has 0 radical (unpaired) electrons. The highest BCUT2D eigenvalue weighted by molar-refractivity contribution is 7.19. The highest BCUT2D eigenvalue weighted by Gasteiger charge is 2.22. The third-order valence-corrected chi connectivity index (χ3v) is 6.69. The number of aromatic nitrogens is 2. The van der Waals surface area contributed by atoms with Gasteiger partial charge in [0.05, 0.1) is 17.7 Å². The van der Waals surface area contributed by atoms with Crippen LogP contribution in [0.5, 0.6) is 5.75 Å². The van der Waals surface area contributed by atoms with Crippen LogP contribution in [-0.4, -0.2) is 16.6 Å². The number of thiophene rings is 1. The Bertz CT molecular complexity index is 1170. The summed E-state index contributed by atoms with van der Waals surface area (Å²) in [6, 6.07) is 18.5. The van der Waals surface area contributed by atoms with Crippen molar-refractivity contribution in [2.45, 2.75) is 39.0 Å². The van der Waals surface area contributed by atoms with Gasteiger partial charge in [0.15, 0.2) is 0 Å². The number of ether oxygens (including phenoxy) is 1. The first-order chi connectivity index (χ1) is 14.8. The Hall–Kier alpha value is -2.92. The molecule has 0 spiro atoms. The number of aryl methyl sites for hydroxylation is 2. The number of nitrogens with one attached hydrogen (secondary N) is 1. The summed E-state index contributed by atoms with van der Waals surface area (Å²) in [5.41, 5.74) is 3.60. The van der Waals surface area contributed by atoms with E-state index < -0.39 is 0 Å². The second-order valence-corrected chi connectivity index (χ2v) is 8.68. The van der Waals surface area contributed by atoms with E-state index in [2.05, 4.69) is 35.6 Å². The second-order valence-electron chi connectivity index (χ2n) is 7.60. The molecule has 152 valence electrons. The van der Waals surface area contributed by atoms with Crippen molar-refractivity contribution < 1.29 is 4.74 Å². The smallest absolute Gasteiger partial charge is 0.143 e.